The zero-order chi connectivity index (χ0) is 19.2. The van der Waals surface area contributed by atoms with Crippen LogP contribution in [0.4, 0.5) is 11.4 Å². The lowest BCUT2D eigenvalue weighted by atomic mass is 9.93. The Bertz CT molecular complexity index is 813. The van der Waals surface area contributed by atoms with Crippen LogP contribution < -0.4 is 10.1 Å². The van der Waals surface area contributed by atoms with Crippen LogP contribution >= 0.6 is 0 Å². The van der Waals surface area contributed by atoms with Gasteiger partial charge in [-0.25, -0.2) is 0 Å². The number of amides is 1. The van der Waals surface area contributed by atoms with Gasteiger partial charge >= 0.3 is 5.97 Å². The number of ether oxygens (including phenoxy) is 1. The summed E-state index contributed by atoms with van der Waals surface area (Å²) in [7, 11) is 1.62. The van der Waals surface area contributed by atoms with Crippen LogP contribution in [0.25, 0.3) is 0 Å². The van der Waals surface area contributed by atoms with E-state index >= 15 is 0 Å². The molecule has 0 aromatic heterocycles. The predicted octanol–water partition coefficient (Wildman–Crippen LogP) is 3.77. The quantitative estimate of drug-likeness (QED) is 0.811. The average Bonchev–Trinajstić information content (AvgIpc) is 2.68. The third-order valence-electron chi connectivity index (χ3n) is 4.87. The Labute approximate surface area is 158 Å². The Balaban J connectivity index is 1.72. The average molecular weight is 368 g/mol. The van der Waals surface area contributed by atoms with Crippen LogP contribution in [0.5, 0.6) is 5.75 Å². The van der Waals surface area contributed by atoms with E-state index in [0.717, 1.165) is 30.0 Å². The molecule has 6 heteroatoms. The first-order valence-electron chi connectivity index (χ1n) is 9.08. The minimum Gasteiger partial charge on any atom is -0.497 e. The molecule has 0 bridgehead atoms. The van der Waals surface area contributed by atoms with E-state index < -0.39 is 5.97 Å². The number of likely N-dealkylation sites (tertiary alicyclic amines) is 1. The molecule has 1 heterocycles. The van der Waals surface area contributed by atoms with Crippen LogP contribution in [0.15, 0.2) is 48.5 Å². The van der Waals surface area contributed by atoms with E-state index in [-0.39, 0.29) is 18.2 Å². The first-order chi connectivity index (χ1) is 13.1. The number of rotatable bonds is 6. The molecule has 2 N–H and O–H groups in total. The summed E-state index contributed by atoms with van der Waals surface area (Å²) in [6.07, 6.45) is 1.63. The van der Waals surface area contributed by atoms with E-state index in [1.54, 1.807) is 7.11 Å². The Hall–Kier alpha value is -3.02. The zero-order valence-electron chi connectivity index (χ0n) is 15.4. The van der Waals surface area contributed by atoms with Gasteiger partial charge in [0.1, 0.15) is 5.75 Å². The second kappa shape index (κ2) is 8.58. The van der Waals surface area contributed by atoms with Crippen LogP contribution in [0.2, 0.25) is 0 Å². The topological polar surface area (TPSA) is 78.9 Å². The molecule has 2 aromatic carbocycles. The van der Waals surface area contributed by atoms with Gasteiger partial charge in [-0.1, -0.05) is 18.2 Å². The molecule has 2 aromatic rings. The van der Waals surface area contributed by atoms with Gasteiger partial charge in [-0.15, -0.1) is 0 Å². The molecule has 27 heavy (non-hydrogen) atoms. The SMILES string of the molecule is COc1cccc(Nc2ccccc2C(=O)N2CCC(CC(=O)O)CC2)c1. The van der Waals surface area contributed by atoms with Gasteiger partial charge in [0.15, 0.2) is 0 Å². The number of carboxylic acids is 1. The molecular formula is C21H24N2O4. The van der Waals surface area contributed by atoms with Crippen molar-refractivity contribution in [3.05, 3.63) is 54.1 Å². The van der Waals surface area contributed by atoms with Crippen molar-refractivity contribution >= 4 is 23.3 Å². The van der Waals surface area contributed by atoms with Crippen molar-refractivity contribution in [3.63, 3.8) is 0 Å². The highest BCUT2D eigenvalue weighted by atomic mass is 16.5. The van der Waals surface area contributed by atoms with Crippen LogP contribution in [-0.4, -0.2) is 42.1 Å². The molecule has 142 valence electrons. The molecule has 0 atom stereocenters. The molecule has 1 aliphatic heterocycles. The second-order valence-corrected chi connectivity index (χ2v) is 6.74. The van der Waals surface area contributed by atoms with Gasteiger partial charge in [0.05, 0.1) is 18.4 Å². The number of hydrogen-bond donors (Lipinski definition) is 2. The largest absolute Gasteiger partial charge is 0.497 e. The molecule has 0 spiro atoms. The number of carbonyl (C=O) groups excluding carboxylic acids is 1. The Morgan fingerprint density at radius 2 is 1.89 bits per heavy atom. The highest BCUT2D eigenvalue weighted by molar-refractivity contribution is 6.00. The Morgan fingerprint density at radius 1 is 1.15 bits per heavy atom. The third kappa shape index (κ3) is 4.78. The molecule has 1 aliphatic rings. The van der Waals surface area contributed by atoms with Gasteiger partial charge < -0.3 is 20.1 Å². The first-order valence-corrected chi connectivity index (χ1v) is 9.08. The van der Waals surface area contributed by atoms with Crippen molar-refractivity contribution in [2.24, 2.45) is 5.92 Å². The standard InChI is InChI=1S/C21H24N2O4/c1-27-17-6-4-5-16(14-17)22-19-8-3-2-7-18(19)21(26)23-11-9-15(10-12-23)13-20(24)25/h2-8,14-15,22H,9-13H2,1H3,(H,24,25). The number of carboxylic acid groups (broad SMARTS) is 1. The number of methoxy groups -OCH3 is 1. The van der Waals surface area contributed by atoms with Gasteiger partial charge in [0.25, 0.3) is 5.91 Å². The smallest absolute Gasteiger partial charge is 0.303 e. The number of aliphatic carboxylic acids is 1. The number of hydrogen-bond acceptors (Lipinski definition) is 4. The van der Waals surface area contributed by atoms with E-state index in [0.29, 0.717) is 18.7 Å². The lowest BCUT2D eigenvalue weighted by molar-refractivity contribution is -0.138. The molecule has 0 saturated carbocycles. The van der Waals surface area contributed by atoms with Gasteiger partial charge in [0, 0.05) is 31.3 Å². The molecule has 0 aliphatic carbocycles. The number of carbonyl (C=O) groups is 2. The van der Waals surface area contributed by atoms with E-state index in [4.69, 9.17) is 9.84 Å². The van der Waals surface area contributed by atoms with Crippen molar-refractivity contribution < 1.29 is 19.4 Å². The summed E-state index contributed by atoms with van der Waals surface area (Å²) >= 11 is 0. The zero-order valence-corrected chi connectivity index (χ0v) is 15.4. The van der Waals surface area contributed by atoms with Crippen LogP contribution in [0.1, 0.15) is 29.6 Å². The van der Waals surface area contributed by atoms with Gasteiger partial charge in [-0.3, -0.25) is 9.59 Å². The van der Waals surface area contributed by atoms with Crippen molar-refractivity contribution in [1.29, 1.82) is 0 Å². The number of benzene rings is 2. The minimum atomic E-state index is -0.771. The number of nitrogens with one attached hydrogen (secondary N) is 1. The molecular weight excluding hydrogens is 344 g/mol. The summed E-state index contributed by atoms with van der Waals surface area (Å²) in [4.78, 5) is 25.7. The fraction of sp³-hybridized carbons (Fsp3) is 0.333. The van der Waals surface area contributed by atoms with Crippen LogP contribution in [0.3, 0.4) is 0 Å². The maximum Gasteiger partial charge on any atom is 0.303 e. The maximum atomic E-state index is 13.0. The maximum absolute atomic E-state index is 13.0. The van der Waals surface area contributed by atoms with Gasteiger partial charge in [-0.2, -0.15) is 0 Å². The molecule has 0 radical (unpaired) electrons. The van der Waals surface area contributed by atoms with E-state index in [2.05, 4.69) is 5.32 Å². The number of anilines is 2. The highest BCUT2D eigenvalue weighted by Crippen LogP contribution is 2.27. The molecule has 1 amide bonds. The molecule has 6 nitrogen and oxygen atoms in total. The van der Waals surface area contributed by atoms with E-state index in [1.807, 2.05) is 53.4 Å². The van der Waals surface area contributed by atoms with Crippen molar-refractivity contribution in [2.45, 2.75) is 19.3 Å². The van der Waals surface area contributed by atoms with Crippen molar-refractivity contribution in [3.8, 4) is 5.75 Å². The normalized spacial score (nSPS) is 14.6. The predicted molar refractivity (Wildman–Crippen MR) is 104 cm³/mol. The monoisotopic (exact) mass is 368 g/mol. The fourth-order valence-corrected chi connectivity index (χ4v) is 3.39. The number of nitrogens with zero attached hydrogens (tertiary/aromatic N) is 1. The summed E-state index contributed by atoms with van der Waals surface area (Å²) in [5.41, 5.74) is 2.19. The summed E-state index contributed by atoms with van der Waals surface area (Å²) in [5, 5.41) is 12.2. The Kier molecular flexibility index (Phi) is 5.96. The van der Waals surface area contributed by atoms with Gasteiger partial charge in [0.2, 0.25) is 0 Å². The molecule has 0 unspecified atom stereocenters. The lowest BCUT2D eigenvalue weighted by Gasteiger charge is -2.32. The summed E-state index contributed by atoms with van der Waals surface area (Å²) in [5.74, 6) is 0.0865. The third-order valence-corrected chi connectivity index (χ3v) is 4.87. The Morgan fingerprint density at radius 3 is 2.59 bits per heavy atom. The first kappa shape index (κ1) is 18.8. The van der Waals surface area contributed by atoms with Crippen molar-refractivity contribution in [2.75, 3.05) is 25.5 Å². The van der Waals surface area contributed by atoms with Crippen molar-refractivity contribution in [1.82, 2.24) is 4.90 Å². The highest BCUT2D eigenvalue weighted by Gasteiger charge is 2.26. The fourth-order valence-electron chi connectivity index (χ4n) is 3.39. The number of para-hydroxylation sites is 1. The lowest BCUT2D eigenvalue weighted by Crippen LogP contribution is -2.39. The van der Waals surface area contributed by atoms with Crippen LogP contribution in [-0.2, 0) is 4.79 Å². The second-order valence-electron chi connectivity index (χ2n) is 6.74. The molecule has 3 rings (SSSR count). The molecule has 1 fully saturated rings. The minimum absolute atomic E-state index is 0.0326. The summed E-state index contributed by atoms with van der Waals surface area (Å²) in [6.45, 7) is 1.18. The summed E-state index contributed by atoms with van der Waals surface area (Å²) in [6, 6.07) is 15.0. The van der Waals surface area contributed by atoms with E-state index in [1.165, 1.54) is 0 Å². The summed E-state index contributed by atoms with van der Waals surface area (Å²) < 4.78 is 5.25. The number of piperidine rings is 1. The van der Waals surface area contributed by atoms with E-state index in [9.17, 15) is 9.59 Å². The van der Waals surface area contributed by atoms with Crippen LogP contribution in [0, 0.1) is 5.92 Å². The molecule has 1 saturated heterocycles. The van der Waals surface area contributed by atoms with Gasteiger partial charge in [-0.05, 0) is 43.0 Å².